The van der Waals surface area contributed by atoms with E-state index < -0.39 is 16.4 Å². The van der Waals surface area contributed by atoms with E-state index in [0.29, 0.717) is 18.1 Å². The summed E-state index contributed by atoms with van der Waals surface area (Å²) in [4.78, 5) is 18.5. The molecule has 0 radical (unpaired) electrons. The Balaban J connectivity index is 2.40. The Morgan fingerprint density at radius 3 is 2.76 bits per heavy atom. The number of nitro groups is 1. The molecule has 0 amide bonds. The maximum atomic E-state index is 13.1. The normalized spacial score (nSPS) is 10.2. The number of hydrogen-bond acceptors (Lipinski definition) is 6. The first kappa shape index (κ1) is 14.6. The SMILES string of the molecule is CCc1nc(NC)cc(Oc2ccc(F)cc2[N+](=O)[O-])n1. The highest BCUT2D eigenvalue weighted by atomic mass is 19.1. The Morgan fingerprint density at radius 2 is 2.14 bits per heavy atom. The van der Waals surface area contributed by atoms with E-state index >= 15 is 0 Å². The maximum Gasteiger partial charge on any atom is 0.314 e. The molecule has 1 aromatic carbocycles. The van der Waals surface area contributed by atoms with Gasteiger partial charge in [-0.15, -0.1) is 0 Å². The van der Waals surface area contributed by atoms with Crippen LogP contribution in [0.15, 0.2) is 24.3 Å². The van der Waals surface area contributed by atoms with Gasteiger partial charge < -0.3 is 10.1 Å². The zero-order valence-corrected chi connectivity index (χ0v) is 11.5. The van der Waals surface area contributed by atoms with Gasteiger partial charge in [-0.3, -0.25) is 10.1 Å². The number of anilines is 1. The van der Waals surface area contributed by atoms with Crippen molar-refractivity contribution in [3.63, 3.8) is 0 Å². The second-order valence-electron chi connectivity index (χ2n) is 4.08. The summed E-state index contributed by atoms with van der Waals surface area (Å²) < 4.78 is 18.5. The number of nitrogens with one attached hydrogen (secondary N) is 1. The van der Waals surface area contributed by atoms with Crippen LogP contribution in [-0.4, -0.2) is 21.9 Å². The molecule has 2 aromatic rings. The molecule has 21 heavy (non-hydrogen) atoms. The number of aryl methyl sites for hydroxylation is 1. The van der Waals surface area contributed by atoms with Crippen LogP contribution in [0.1, 0.15) is 12.7 Å². The van der Waals surface area contributed by atoms with E-state index in [1.807, 2.05) is 6.92 Å². The Bertz CT molecular complexity index is 656. The van der Waals surface area contributed by atoms with Crippen molar-refractivity contribution < 1.29 is 14.1 Å². The lowest BCUT2D eigenvalue weighted by atomic mass is 10.3. The Labute approximate surface area is 120 Å². The molecule has 0 aliphatic rings. The molecular formula is C13H13FN4O3. The number of nitro benzene ring substituents is 1. The predicted molar refractivity (Wildman–Crippen MR) is 74.1 cm³/mol. The average molecular weight is 292 g/mol. The molecule has 2 rings (SSSR count). The molecule has 0 atom stereocenters. The molecule has 1 heterocycles. The van der Waals surface area contributed by atoms with Gasteiger partial charge in [0.1, 0.15) is 17.5 Å². The summed E-state index contributed by atoms with van der Waals surface area (Å²) in [6, 6.07) is 4.59. The lowest BCUT2D eigenvalue weighted by Gasteiger charge is -2.08. The fourth-order valence-electron chi connectivity index (χ4n) is 1.64. The van der Waals surface area contributed by atoms with Crippen molar-refractivity contribution in [3.05, 3.63) is 46.0 Å². The highest BCUT2D eigenvalue weighted by molar-refractivity contribution is 5.49. The number of nitrogens with zero attached hydrogens (tertiary/aromatic N) is 3. The first-order valence-corrected chi connectivity index (χ1v) is 6.21. The van der Waals surface area contributed by atoms with Crippen molar-refractivity contribution in [1.82, 2.24) is 9.97 Å². The molecule has 0 aliphatic heterocycles. The monoisotopic (exact) mass is 292 g/mol. The van der Waals surface area contributed by atoms with E-state index in [2.05, 4.69) is 15.3 Å². The largest absolute Gasteiger partial charge is 0.432 e. The van der Waals surface area contributed by atoms with Gasteiger partial charge in [0.25, 0.3) is 0 Å². The average Bonchev–Trinajstić information content (AvgIpc) is 2.48. The number of hydrogen-bond donors (Lipinski definition) is 1. The van der Waals surface area contributed by atoms with Gasteiger partial charge in [0, 0.05) is 19.5 Å². The van der Waals surface area contributed by atoms with Crippen molar-refractivity contribution >= 4 is 11.5 Å². The topological polar surface area (TPSA) is 90.2 Å². The predicted octanol–water partition coefficient (Wildman–Crippen LogP) is 2.92. The molecule has 110 valence electrons. The van der Waals surface area contributed by atoms with Crippen LogP contribution < -0.4 is 10.1 Å². The van der Waals surface area contributed by atoms with Crippen LogP contribution in [0.4, 0.5) is 15.9 Å². The molecule has 0 bridgehead atoms. The molecule has 0 unspecified atom stereocenters. The Kier molecular flexibility index (Phi) is 4.27. The third-order valence-corrected chi connectivity index (χ3v) is 2.65. The smallest absolute Gasteiger partial charge is 0.314 e. The second-order valence-corrected chi connectivity index (χ2v) is 4.08. The van der Waals surface area contributed by atoms with Gasteiger partial charge in [0.05, 0.1) is 11.0 Å². The first-order chi connectivity index (χ1) is 10.0. The van der Waals surface area contributed by atoms with E-state index in [0.717, 1.165) is 12.1 Å². The summed E-state index contributed by atoms with van der Waals surface area (Å²) in [5, 5.41) is 13.8. The van der Waals surface area contributed by atoms with Crippen molar-refractivity contribution in [2.24, 2.45) is 0 Å². The van der Waals surface area contributed by atoms with Crippen LogP contribution in [0.2, 0.25) is 0 Å². The lowest BCUT2D eigenvalue weighted by Crippen LogP contribution is -2.02. The van der Waals surface area contributed by atoms with Crippen LogP contribution >= 0.6 is 0 Å². The number of ether oxygens (including phenoxy) is 1. The van der Waals surface area contributed by atoms with Crippen LogP contribution in [0.25, 0.3) is 0 Å². The lowest BCUT2D eigenvalue weighted by molar-refractivity contribution is -0.385. The molecule has 0 spiro atoms. The van der Waals surface area contributed by atoms with Crippen molar-refractivity contribution in [2.45, 2.75) is 13.3 Å². The summed E-state index contributed by atoms with van der Waals surface area (Å²) in [6.45, 7) is 1.87. The molecule has 0 saturated heterocycles. The number of aromatic nitrogens is 2. The summed E-state index contributed by atoms with van der Waals surface area (Å²) in [7, 11) is 1.69. The van der Waals surface area contributed by atoms with E-state index in [1.54, 1.807) is 7.05 Å². The minimum absolute atomic E-state index is 0.0794. The van der Waals surface area contributed by atoms with Crippen molar-refractivity contribution in [1.29, 1.82) is 0 Å². The second kappa shape index (κ2) is 6.12. The quantitative estimate of drug-likeness (QED) is 0.673. The zero-order valence-electron chi connectivity index (χ0n) is 11.5. The van der Waals surface area contributed by atoms with Crippen molar-refractivity contribution in [2.75, 3.05) is 12.4 Å². The van der Waals surface area contributed by atoms with Gasteiger partial charge in [-0.25, -0.2) is 9.37 Å². The van der Waals surface area contributed by atoms with Gasteiger partial charge in [-0.05, 0) is 12.1 Å². The molecule has 8 heteroatoms. The first-order valence-electron chi connectivity index (χ1n) is 6.21. The maximum absolute atomic E-state index is 13.1. The third kappa shape index (κ3) is 3.41. The Morgan fingerprint density at radius 1 is 1.38 bits per heavy atom. The number of benzene rings is 1. The van der Waals surface area contributed by atoms with Crippen LogP contribution in [0.5, 0.6) is 11.6 Å². The number of halogens is 1. The summed E-state index contributed by atoms with van der Waals surface area (Å²) in [5.41, 5.74) is -0.460. The Hall–Kier alpha value is -2.77. The van der Waals surface area contributed by atoms with Gasteiger partial charge in [-0.1, -0.05) is 6.92 Å². The highest BCUT2D eigenvalue weighted by Gasteiger charge is 2.18. The molecule has 1 aromatic heterocycles. The van der Waals surface area contributed by atoms with E-state index in [4.69, 9.17) is 4.74 Å². The fourth-order valence-corrected chi connectivity index (χ4v) is 1.64. The highest BCUT2D eigenvalue weighted by Crippen LogP contribution is 2.31. The minimum atomic E-state index is -0.709. The number of rotatable bonds is 5. The minimum Gasteiger partial charge on any atom is -0.432 e. The van der Waals surface area contributed by atoms with E-state index in [-0.39, 0.29) is 11.6 Å². The summed E-state index contributed by atoms with van der Waals surface area (Å²) >= 11 is 0. The zero-order chi connectivity index (χ0) is 15.4. The van der Waals surface area contributed by atoms with Gasteiger partial charge in [0.2, 0.25) is 11.6 Å². The molecular weight excluding hydrogens is 279 g/mol. The molecule has 1 N–H and O–H groups in total. The van der Waals surface area contributed by atoms with Crippen LogP contribution in [0.3, 0.4) is 0 Å². The third-order valence-electron chi connectivity index (χ3n) is 2.65. The van der Waals surface area contributed by atoms with E-state index in [9.17, 15) is 14.5 Å². The summed E-state index contributed by atoms with van der Waals surface area (Å²) in [5.74, 6) is 0.426. The van der Waals surface area contributed by atoms with Gasteiger partial charge in [-0.2, -0.15) is 4.98 Å². The molecule has 0 saturated carbocycles. The molecule has 0 fully saturated rings. The van der Waals surface area contributed by atoms with Gasteiger partial charge >= 0.3 is 5.69 Å². The van der Waals surface area contributed by atoms with Crippen molar-refractivity contribution in [3.8, 4) is 11.6 Å². The van der Waals surface area contributed by atoms with E-state index in [1.165, 1.54) is 12.1 Å². The van der Waals surface area contributed by atoms with Crippen LogP contribution in [-0.2, 0) is 6.42 Å². The standard InChI is InChI=1S/C13H13FN4O3/c1-3-11-16-12(15-2)7-13(17-11)21-10-5-4-8(14)6-9(10)18(19)20/h4-7H,3H2,1-2H3,(H,15,16,17). The van der Waals surface area contributed by atoms with Gasteiger partial charge in [0.15, 0.2) is 0 Å². The summed E-state index contributed by atoms with van der Waals surface area (Å²) in [6.07, 6.45) is 0.581. The fraction of sp³-hybridized carbons (Fsp3) is 0.231. The molecule has 0 aliphatic carbocycles. The van der Waals surface area contributed by atoms with Crippen LogP contribution in [0, 0.1) is 15.9 Å². The molecule has 7 nitrogen and oxygen atoms in total.